The van der Waals surface area contributed by atoms with E-state index in [0.29, 0.717) is 31.9 Å². The van der Waals surface area contributed by atoms with Crippen LogP contribution in [-0.2, 0) is 19.6 Å². The lowest BCUT2D eigenvalue weighted by Crippen LogP contribution is -2.17. The summed E-state index contributed by atoms with van der Waals surface area (Å²) in [5.74, 6) is 1.28. The standard InChI is InChI=1S/C24H26FNO2/c1-18-7-9-19(10-8-18)17-28-23-12-11-20(15-24(23)27-2)16-26-14-13-21-5-3-4-6-22(21)25/h3-12,15,26H,13-14,16-17H2,1-2H3. The lowest BCUT2D eigenvalue weighted by Gasteiger charge is -2.13. The second-order valence-corrected chi connectivity index (χ2v) is 6.78. The van der Waals surface area contributed by atoms with Crippen molar-refractivity contribution in [3.05, 3.63) is 94.8 Å². The molecule has 3 aromatic rings. The van der Waals surface area contributed by atoms with Gasteiger partial charge in [0.2, 0.25) is 0 Å². The van der Waals surface area contributed by atoms with Gasteiger partial charge in [0.1, 0.15) is 12.4 Å². The first kappa shape index (κ1) is 19.9. The molecule has 146 valence electrons. The summed E-state index contributed by atoms with van der Waals surface area (Å²) in [6.45, 7) is 3.95. The Morgan fingerprint density at radius 3 is 2.39 bits per heavy atom. The summed E-state index contributed by atoms with van der Waals surface area (Å²) in [5.41, 5.74) is 4.17. The zero-order chi connectivity index (χ0) is 19.8. The van der Waals surface area contributed by atoms with Crippen LogP contribution in [0.15, 0.2) is 66.7 Å². The molecule has 0 saturated heterocycles. The highest BCUT2D eigenvalue weighted by Crippen LogP contribution is 2.29. The lowest BCUT2D eigenvalue weighted by atomic mass is 10.1. The normalized spacial score (nSPS) is 10.7. The molecule has 0 amide bonds. The average molecular weight is 379 g/mol. The van der Waals surface area contributed by atoms with Crippen molar-refractivity contribution in [2.24, 2.45) is 0 Å². The van der Waals surface area contributed by atoms with Crippen molar-refractivity contribution < 1.29 is 13.9 Å². The topological polar surface area (TPSA) is 30.5 Å². The molecule has 0 aliphatic rings. The maximum Gasteiger partial charge on any atom is 0.161 e. The third kappa shape index (κ3) is 5.57. The van der Waals surface area contributed by atoms with E-state index in [-0.39, 0.29) is 5.82 Å². The summed E-state index contributed by atoms with van der Waals surface area (Å²) in [4.78, 5) is 0. The van der Waals surface area contributed by atoms with Crippen molar-refractivity contribution in [1.82, 2.24) is 5.32 Å². The average Bonchev–Trinajstić information content (AvgIpc) is 2.72. The van der Waals surface area contributed by atoms with E-state index in [1.165, 1.54) is 11.6 Å². The molecule has 0 aliphatic carbocycles. The molecule has 0 aliphatic heterocycles. The van der Waals surface area contributed by atoms with Gasteiger partial charge in [-0.3, -0.25) is 0 Å². The molecule has 28 heavy (non-hydrogen) atoms. The van der Waals surface area contributed by atoms with Gasteiger partial charge >= 0.3 is 0 Å². The Morgan fingerprint density at radius 2 is 1.64 bits per heavy atom. The second-order valence-electron chi connectivity index (χ2n) is 6.78. The summed E-state index contributed by atoms with van der Waals surface area (Å²) in [7, 11) is 1.64. The van der Waals surface area contributed by atoms with Crippen LogP contribution in [0.4, 0.5) is 4.39 Å². The highest BCUT2D eigenvalue weighted by atomic mass is 19.1. The summed E-state index contributed by atoms with van der Waals surface area (Å²) in [6, 6.07) is 21.1. The fraction of sp³-hybridized carbons (Fsp3) is 0.250. The molecule has 0 atom stereocenters. The van der Waals surface area contributed by atoms with Crippen LogP contribution < -0.4 is 14.8 Å². The molecule has 3 aromatic carbocycles. The van der Waals surface area contributed by atoms with E-state index < -0.39 is 0 Å². The highest BCUT2D eigenvalue weighted by Gasteiger charge is 2.07. The predicted molar refractivity (Wildman–Crippen MR) is 110 cm³/mol. The van der Waals surface area contributed by atoms with Crippen LogP contribution in [0.25, 0.3) is 0 Å². The van der Waals surface area contributed by atoms with Crippen molar-refractivity contribution >= 4 is 0 Å². The maximum atomic E-state index is 13.6. The van der Waals surface area contributed by atoms with Gasteiger partial charge in [0.05, 0.1) is 7.11 Å². The Kier molecular flexibility index (Phi) is 7.04. The summed E-state index contributed by atoms with van der Waals surface area (Å²) in [6.07, 6.45) is 0.654. The summed E-state index contributed by atoms with van der Waals surface area (Å²) in [5, 5.41) is 3.35. The number of hydrogen-bond donors (Lipinski definition) is 1. The SMILES string of the molecule is COc1cc(CNCCc2ccccc2F)ccc1OCc1ccc(C)cc1. The van der Waals surface area contributed by atoms with Crippen LogP contribution in [0.1, 0.15) is 22.3 Å². The van der Waals surface area contributed by atoms with Gasteiger partial charge in [0.15, 0.2) is 11.5 Å². The Morgan fingerprint density at radius 1 is 0.893 bits per heavy atom. The van der Waals surface area contributed by atoms with Gasteiger partial charge in [-0.05, 0) is 54.8 Å². The minimum Gasteiger partial charge on any atom is -0.493 e. The van der Waals surface area contributed by atoms with Crippen LogP contribution in [0.2, 0.25) is 0 Å². The van der Waals surface area contributed by atoms with E-state index in [2.05, 4.69) is 36.5 Å². The van der Waals surface area contributed by atoms with E-state index in [0.717, 1.165) is 22.4 Å². The van der Waals surface area contributed by atoms with Crippen molar-refractivity contribution in [3.8, 4) is 11.5 Å². The Bertz CT molecular complexity index is 893. The van der Waals surface area contributed by atoms with Gasteiger partial charge in [-0.25, -0.2) is 4.39 Å². The molecule has 0 bridgehead atoms. The fourth-order valence-electron chi connectivity index (χ4n) is 2.94. The zero-order valence-corrected chi connectivity index (χ0v) is 16.4. The highest BCUT2D eigenvalue weighted by molar-refractivity contribution is 5.43. The number of methoxy groups -OCH3 is 1. The van der Waals surface area contributed by atoms with E-state index in [4.69, 9.17) is 9.47 Å². The first-order valence-corrected chi connectivity index (χ1v) is 9.45. The monoisotopic (exact) mass is 379 g/mol. The van der Waals surface area contributed by atoms with Crippen LogP contribution in [0.5, 0.6) is 11.5 Å². The molecule has 0 aromatic heterocycles. The molecular formula is C24H26FNO2. The number of nitrogens with one attached hydrogen (secondary N) is 1. The van der Waals surface area contributed by atoms with E-state index in [1.807, 2.05) is 30.3 Å². The lowest BCUT2D eigenvalue weighted by molar-refractivity contribution is 0.284. The number of aryl methyl sites for hydroxylation is 1. The molecule has 0 radical (unpaired) electrons. The molecule has 0 fully saturated rings. The largest absolute Gasteiger partial charge is 0.493 e. The minimum absolute atomic E-state index is 0.152. The molecule has 0 spiro atoms. The Balaban J connectivity index is 1.52. The van der Waals surface area contributed by atoms with E-state index >= 15 is 0 Å². The molecule has 3 rings (SSSR count). The van der Waals surface area contributed by atoms with Crippen LogP contribution in [0.3, 0.4) is 0 Å². The van der Waals surface area contributed by atoms with Gasteiger partial charge in [0, 0.05) is 6.54 Å². The summed E-state index contributed by atoms with van der Waals surface area (Å²) < 4.78 is 25.0. The smallest absolute Gasteiger partial charge is 0.161 e. The van der Waals surface area contributed by atoms with Gasteiger partial charge in [0.25, 0.3) is 0 Å². The number of ether oxygens (including phenoxy) is 2. The number of halogens is 1. The molecule has 0 heterocycles. The Hall–Kier alpha value is -2.85. The molecule has 1 N–H and O–H groups in total. The number of hydrogen-bond acceptors (Lipinski definition) is 3. The molecule has 0 saturated carbocycles. The van der Waals surface area contributed by atoms with Crippen LogP contribution in [0, 0.1) is 12.7 Å². The van der Waals surface area contributed by atoms with Gasteiger partial charge in [-0.1, -0.05) is 54.1 Å². The quantitative estimate of drug-likeness (QED) is 0.528. The Labute approximate surface area is 166 Å². The molecule has 3 nitrogen and oxygen atoms in total. The van der Waals surface area contributed by atoms with Crippen molar-refractivity contribution in [2.45, 2.75) is 26.5 Å². The molecule has 4 heteroatoms. The maximum absolute atomic E-state index is 13.6. The second kappa shape index (κ2) is 9.90. The van der Waals surface area contributed by atoms with Gasteiger partial charge in [-0.15, -0.1) is 0 Å². The van der Waals surface area contributed by atoms with Crippen LogP contribution >= 0.6 is 0 Å². The van der Waals surface area contributed by atoms with E-state index in [9.17, 15) is 4.39 Å². The fourth-order valence-corrected chi connectivity index (χ4v) is 2.94. The minimum atomic E-state index is -0.152. The van der Waals surface area contributed by atoms with Crippen molar-refractivity contribution in [1.29, 1.82) is 0 Å². The van der Waals surface area contributed by atoms with Gasteiger partial charge in [-0.2, -0.15) is 0 Å². The van der Waals surface area contributed by atoms with Crippen molar-refractivity contribution in [2.75, 3.05) is 13.7 Å². The molecular weight excluding hydrogens is 353 g/mol. The first-order chi connectivity index (χ1) is 13.7. The summed E-state index contributed by atoms with van der Waals surface area (Å²) >= 11 is 0. The van der Waals surface area contributed by atoms with Crippen molar-refractivity contribution in [3.63, 3.8) is 0 Å². The number of rotatable bonds is 9. The van der Waals surface area contributed by atoms with E-state index in [1.54, 1.807) is 13.2 Å². The third-order valence-corrected chi connectivity index (χ3v) is 4.60. The predicted octanol–water partition coefficient (Wildman–Crippen LogP) is 5.05. The van der Waals surface area contributed by atoms with Crippen LogP contribution in [-0.4, -0.2) is 13.7 Å². The first-order valence-electron chi connectivity index (χ1n) is 9.45. The number of benzene rings is 3. The van der Waals surface area contributed by atoms with Gasteiger partial charge < -0.3 is 14.8 Å². The zero-order valence-electron chi connectivity index (χ0n) is 16.4. The third-order valence-electron chi connectivity index (χ3n) is 4.60. The molecule has 0 unspecified atom stereocenters.